The third-order valence-electron chi connectivity index (χ3n) is 4.57. The summed E-state index contributed by atoms with van der Waals surface area (Å²) in [7, 11) is 0. The second-order valence-corrected chi connectivity index (χ2v) is 7.29. The number of hydrogen-bond acceptors (Lipinski definition) is 1. The van der Waals surface area contributed by atoms with Crippen molar-refractivity contribution in [1.29, 1.82) is 0 Å². The van der Waals surface area contributed by atoms with E-state index in [9.17, 15) is 0 Å². The Bertz CT molecular complexity index is 721. The third kappa shape index (κ3) is 7.42. The predicted molar refractivity (Wildman–Crippen MR) is 113 cm³/mol. The van der Waals surface area contributed by atoms with Crippen molar-refractivity contribution in [3.8, 4) is 0 Å². The summed E-state index contributed by atoms with van der Waals surface area (Å²) in [6, 6.07) is 20.6. The number of hydrogen-bond donors (Lipinski definition) is 0. The Morgan fingerprint density at radius 1 is 0.778 bits per heavy atom. The van der Waals surface area contributed by atoms with Crippen molar-refractivity contribution >= 4 is 22.8 Å². The summed E-state index contributed by atoms with van der Waals surface area (Å²) in [6.07, 6.45) is 9.18. The van der Waals surface area contributed by atoms with Crippen LogP contribution in [0.4, 0.5) is 11.4 Å². The van der Waals surface area contributed by atoms with Crippen molar-refractivity contribution in [3.63, 3.8) is 0 Å². The topological polar surface area (TPSA) is 15.4 Å². The van der Waals surface area contributed by atoms with Gasteiger partial charge in [-0.05, 0) is 0 Å². The summed E-state index contributed by atoms with van der Waals surface area (Å²) in [5.74, 6) is 0. The molecule has 0 bridgehead atoms. The van der Waals surface area contributed by atoms with Gasteiger partial charge in [-0.3, -0.25) is 0 Å². The first-order valence-electron chi connectivity index (χ1n) is 10.2. The molecule has 27 heavy (non-hydrogen) atoms. The molecule has 0 fully saturated rings. The Labute approximate surface area is 173 Å². The van der Waals surface area contributed by atoms with Crippen molar-refractivity contribution in [2.75, 3.05) is 0 Å². The number of para-hydroxylation sites is 2. The molecule has 3 heteroatoms. The predicted octanol–water partition coefficient (Wildman–Crippen LogP) is 7.17. The number of aliphatic imine (C=N–C) groups is 1. The van der Waals surface area contributed by atoms with Crippen LogP contribution >= 0.6 is 0 Å². The molecule has 0 radical (unpaired) electrons. The van der Waals surface area contributed by atoms with Crippen molar-refractivity contribution in [2.24, 2.45) is 4.99 Å². The number of nitrogens with zero attached hydrogens (tertiary/aromatic N) is 2. The quantitative estimate of drug-likeness (QED) is 0.213. The van der Waals surface area contributed by atoms with Gasteiger partial charge in [0.1, 0.15) is 0 Å². The Morgan fingerprint density at radius 3 is 2.04 bits per heavy atom. The first-order valence-corrected chi connectivity index (χ1v) is 10.7. The van der Waals surface area contributed by atoms with Gasteiger partial charge in [-0.2, -0.15) is 0 Å². The van der Waals surface area contributed by atoms with Crippen LogP contribution in [0.15, 0.2) is 65.7 Å². The molecule has 0 heterocycles. The first kappa shape index (κ1) is 21.6. The molecule has 2 aromatic rings. The molecule has 0 N–H and O–H groups in total. The summed E-state index contributed by atoms with van der Waals surface area (Å²) < 4.78 is 1.98. The third-order valence-corrected chi connectivity index (χ3v) is 5.10. The summed E-state index contributed by atoms with van der Waals surface area (Å²) >= 11 is 5.49. The average Bonchev–Trinajstić information content (AvgIpc) is 2.72. The van der Waals surface area contributed by atoms with Gasteiger partial charge in [-0.1, -0.05) is 0 Å². The van der Waals surface area contributed by atoms with E-state index in [-0.39, 0.29) is 0 Å². The van der Waals surface area contributed by atoms with Crippen LogP contribution in [0.1, 0.15) is 65.2 Å². The molecule has 0 spiro atoms. The molecule has 2 rings (SSSR count). The summed E-state index contributed by atoms with van der Waals surface area (Å²) in [5, 5.41) is 0. The van der Waals surface area contributed by atoms with Crippen LogP contribution in [-0.4, -0.2) is 15.1 Å². The van der Waals surface area contributed by atoms with Gasteiger partial charge in [-0.25, -0.2) is 0 Å². The number of rotatable bonds is 11. The SMILES string of the molecule is CCCCCCC(C(CCCC)=Nc1ccccc1)=[N+]([Ni])c1ccccc1. The van der Waals surface area contributed by atoms with Gasteiger partial charge in [0, 0.05) is 0 Å². The molecule has 0 aliphatic rings. The Kier molecular flexibility index (Phi) is 10.1. The van der Waals surface area contributed by atoms with E-state index in [1.165, 1.54) is 25.0 Å². The van der Waals surface area contributed by atoms with Gasteiger partial charge in [0.15, 0.2) is 0 Å². The van der Waals surface area contributed by atoms with Crippen LogP contribution < -0.4 is 0 Å². The molecule has 0 aliphatic carbocycles. The Hall–Kier alpha value is -1.73. The van der Waals surface area contributed by atoms with E-state index in [0.29, 0.717) is 0 Å². The summed E-state index contributed by atoms with van der Waals surface area (Å²) in [4.78, 5) is 5.02. The summed E-state index contributed by atoms with van der Waals surface area (Å²) in [5.41, 5.74) is 4.43. The fourth-order valence-electron chi connectivity index (χ4n) is 3.03. The van der Waals surface area contributed by atoms with Gasteiger partial charge < -0.3 is 0 Å². The molecule has 2 aromatic carbocycles. The molecular weight excluding hydrogens is 375 g/mol. The maximum absolute atomic E-state index is 5.49. The van der Waals surface area contributed by atoms with E-state index in [4.69, 9.17) is 20.7 Å². The van der Waals surface area contributed by atoms with Crippen molar-refractivity contribution in [1.82, 2.24) is 0 Å². The zero-order chi connectivity index (χ0) is 19.3. The second kappa shape index (κ2) is 12.6. The van der Waals surface area contributed by atoms with Crippen LogP contribution in [0.5, 0.6) is 0 Å². The van der Waals surface area contributed by atoms with Crippen molar-refractivity contribution in [3.05, 3.63) is 60.7 Å². The number of benzene rings is 2. The molecule has 0 saturated heterocycles. The van der Waals surface area contributed by atoms with Gasteiger partial charge in [0.05, 0.1) is 0 Å². The normalized spacial score (nSPS) is 12.8. The fraction of sp³-hybridized carbons (Fsp3) is 0.417. The van der Waals surface area contributed by atoms with Crippen LogP contribution in [0, 0.1) is 0 Å². The molecule has 0 atom stereocenters. The van der Waals surface area contributed by atoms with Crippen LogP contribution in [0.3, 0.4) is 0 Å². The van der Waals surface area contributed by atoms with Gasteiger partial charge in [0.25, 0.3) is 0 Å². The molecule has 0 aliphatic heterocycles. The standard InChI is InChI=1S/C24H32N2.Ni/c1-3-5-7-14-20-24(26-22-17-12-9-13-18-22)23(19-6-4-2)25-21-15-10-8-11-16-21;/h8-13,15-18H,3-7,14,19-20H2,1-2H3;/q;+1. The van der Waals surface area contributed by atoms with Crippen molar-refractivity contribution < 1.29 is 19.3 Å². The average molecular weight is 407 g/mol. The zero-order valence-electron chi connectivity index (χ0n) is 16.6. The van der Waals surface area contributed by atoms with Crippen LogP contribution in [0.25, 0.3) is 0 Å². The maximum atomic E-state index is 5.49. The van der Waals surface area contributed by atoms with E-state index >= 15 is 0 Å². The van der Waals surface area contributed by atoms with Crippen LogP contribution in [0.2, 0.25) is 0 Å². The molecule has 2 nitrogen and oxygen atoms in total. The van der Waals surface area contributed by atoms with Gasteiger partial charge >= 0.3 is 173 Å². The Morgan fingerprint density at radius 2 is 1.41 bits per heavy atom. The fourth-order valence-corrected chi connectivity index (χ4v) is 3.42. The van der Waals surface area contributed by atoms with E-state index < -0.39 is 0 Å². The summed E-state index contributed by atoms with van der Waals surface area (Å²) in [6.45, 7) is 4.48. The van der Waals surface area contributed by atoms with E-state index in [1.54, 1.807) is 0 Å². The number of unbranched alkanes of at least 4 members (excludes halogenated alkanes) is 4. The zero-order valence-corrected chi connectivity index (χ0v) is 17.6. The van der Waals surface area contributed by atoms with Crippen LogP contribution in [-0.2, 0) is 15.7 Å². The van der Waals surface area contributed by atoms with E-state index in [2.05, 4.69) is 50.2 Å². The molecule has 0 amide bonds. The molecular formula is C24H32N2Ni+. The molecule has 0 saturated carbocycles. The molecule has 0 unspecified atom stereocenters. The van der Waals surface area contributed by atoms with Crippen molar-refractivity contribution in [2.45, 2.75) is 65.2 Å². The first-order chi connectivity index (χ1) is 13.3. The Balaban J connectivity index is 2.41. The van der Waals surface area contributed by atoms with E-state index in [1.807, 2.05) is 27.9 Å². The molecule has 0 aromatic heterocycles. The monoisotopic (exact) mass is 406 g/mol. The van der Waals surface area contributed by atoms with E-state index in [0.717, 1.165) is 49.2 Å². The minimum absolute atomic E-state index is 0.973. The second-order valence-electron chi connectivity index (χ2n) is 6.84. The molecule has 147 valence electrons. The minimum atomic E-state index is 0.973. The van der Waals surface area contributed by atoms with Gasteiger partial charge in [-0.15, -0.1) is 0 Å². The van der Waals surface area contributed by atoms with Gasteiger partial charge in [0.2, 0.25) is 0 Å².